The highest BCUT2D eigenvalue weighted by Crippen LogP contribution is 2.04. The Morgan fingerprint density at radius 3 is 2.69 bits per heavy atom. The van der Waals surface area contributed by atoms with E-state index in [1.54, 1.807) is 0 Å². The lowest BCUT2D eigenvalue weighted by molar-refractivity contribution is 0.307. The van der Waals surface area contributed by atoms with Crippen molar-refractivity contribution in [3.05, 3.63) is 30.3 Å². The molecule has 1 rings (SSSR count). The highest BCUT2D eigenvalue weighted by atomic mass is 16.3. The number of rotatable bonds is 4. The molecule has 0 spiro atoms. The zero-order valence-electron chi connectivity index (χ0n) is 7.70. The van der Waals surface area contributed by atoms with Crippen molar-refractivity contribution in [2.75, 3.05) is 12.0 Å². The van der Waals surface area contributed by atoms with Gasteiger partial charge >= 0.3 is 0 Å². The third-order valence-corrected chi connectivity index (χ3v) is 1.62. The Bertz CT molecular complexity index is 270. The van der Waals surface area contributed by atoms with E-state index in [1.165, 1.54) is 0 Å². The Morgan fingerprint density at radius 1 is 1.38 bits per heavy atom. The van der Waals surface area contributed by atoms with Gasteiger partial charge in [0.05, 0.1) is 5.69 Å². The van der Waals surface area contributed by atoms with Gasteiger partial charge in [-0.3, -0.25) is 5.43 Å². The number of benzene rings is 1. The maximum Gasteiger partial charge on any atom is 0.0561 e. The Balaban J connectivity index is 2.47. The van der Waals surface area contributed by atoms with Crippen LogP contribution >= 0.6 is 0 Å². The summed E-state index contributed by atoms with van der Waals surface area (Å²) in [4.78, 5) is 0. The van der Waals surface area contributed by atoms with Crippen molar-refractivity contribution in [2.45, 2.75) is 13.3 Å². The first-order valence-electron chi connectivity index (χ1n) is 4.28. The highest BCUT2D eigenvalue weighted by molar-refractivity contribution is 5.82. The third kappa shape index (κ3) is 3.71. The second kappa shape index (κ2) is 5.32. The van der Waals surface area contributed by atoms with Gasteiger partial charge in [-0.05, 0) is 19.1 Å². The minimum Gasteiger partial charge on any atom is -0.396 e. The summed E-state index contributed by atoms with van der Waals surface area (Å²) in [6.07, 6.45) is 0.611. The van der Waals surface area contributed by atoms with Gasteiger partial charge in [0.25, 0.3) is 0 Å². The molecule has 13 heavy (non-hydrogen) atoms. The molecule has 0 heterocycles. The van der Waals surface area contributed by atoms with E-state index in [2.05, 4.69) is 10.5 Å². The predicted molar refractivity (Wildman–Crippen MR) is 54.9 cm³/mol. The maximum absolute atomic E-state index is 8.63. The molecule has 0 saturated carbocycles. The number of aliphatic hydroxyl groups is 1. The summed E-state index contributed by atoms with van der Waals surface area (Å²) >= 11 is 0. The van der Waals surface area contributed by atoms with Crippen LogP contribution in [0.15, 0.2) is 35.4 Å². The molecule has 0 amide bonds. The zero-order chi connectivity index (χ0) is 9.52. The summed E-state index contributed by atoms with van der Waals surface area (Å²) in [6, 6.07) is 9.72. The molecule has 0 atom stereocenters. The minimum absolute atomic E-state index is 0.145. The van der Waals surface area contributed by atoms with E-state index >= 15 is 0 Å². The van der Waals surface area contributed by atoms with E-state index in [4.69, 9.17) is 5.11 Å². The molecule has 0 aliphatic carbocycles. The lowest BCUT2D eigenvalue weighted by Gasteiger charge is -2.00. The number of anilines is 1. The highest BCUT2D eigenvalue weighted by Gasteiger charge is 1.89. The van der Waals surface area contributed by atoms with Crippen LogP contribution < -0.4 is 5.43 Å². The van der Waals surface area contributed by atoms with E-state index in [0.29, 0.717) is 6.42 Å². The first-order valence-corrected chi connectivity index (χ1v) is 4.28. The summed E-state index contributed by atoms with van der Waals surface area (Å²) in [7, 11) is 0. The first kappa shape index (κ1) is 9.74. The summed E-state index contributed by atoms with van der Waals surface area (Å²) in [5.41, 5.74) is 4.76. The maximum atomic E-state index is 8.63. The standard InChI is InChI=1S/C10H14N2O/c1-9(7-8-13)11-12-10-5-3-2-4-6-10/h2-6,12-13H,7-8H2,1H3/b11-9-. The smallest absolute Gasteiger partial charge is 0.0561 e. The number of aliphatic hydroxyl groups excluding tert-OH is 1. The molecule has 70 valence electrons. The van der Waals surface area contributed by atoms with Gasteiger partial charge in [-0.1, -0.05) is 18.2 Å². The molecule has 1 aromatic carbocycles. The van der Waals surface area contributed by atoms with Crippen LogP contribution in [-0.2, 0) is 0 Å². The van der Waals surface area contributed by atoms with Gasteiger partial charge in [0.15, 0.2) is 0 Å². The van der Waals surface area contributed by atoms with Crippen LogP contribution in [0.3, 0.4) is 0 Å². The van der Waals surface area contributed by atoms with Gasteiger partial charge in [0, 0.05) is 18.7 Å². The van der Waals surface area contributed by atoms with Crippen LogP contribution in [-0.4, -0.2) is 17.4 Å². The molecule has 2 N–H and O–H groups in total. The Kier molecular flexibility index (Phi) is 3.99. The van der Waals surface area contributed by atoms with Gasteiger partial charge in [-0.15, -0.1) is 0 Å². The van der Waals surface area contributed by atoms with Crippen molar-refractivity contribution < 1.29 is 5.11 Å². The zero-order valence-corrected chi connectivity index (χ0v) is 7.70. The SMILES string of the molecule is C/C(CCO)=N/Nc1ccccc1. The largest absolute Gasteiger partial charge is 0.396 e. The Labute approximate surface area is 78.1 Å². The summed E-state index contributed by atoms with van der Waals surface area (Å²) in [6.45, 7) is 2.03. The lowest BCUT2D eigenvalue weighted by atomic mass is 10.3. The van der Waals surface area contributed by atoms with Gasteiger partial charge in [0.2, 0.25) is 0 Å². The van der Waals surface area contributed by atoms with E-state index in [9.17, 15) is 0 Å². The molecule has 0 bridgehead atoms. The summed E-state index contributed by atoms with van der Waals surface area (Å²) in [5.74, 6) is 0. The number of hydrogen-bond donors (Lipinski definition) is 2. The molecule has 0 unspecified atom stereocenters. The molecule has 0 aliphatic rings. The van der Waals surface area contributed by atoms with Crippen LogP contribution in [0.2, 0.25) is 0 Å². The van der Waals surface area contributed by atoms with Gasteiger partial charge in [-0.25, -0.2) is 0 Å². The molecule has 3 nitrogen and oxygen atoms in total. The second-order valence-corrected chi connectivity index (χ2v) is 2.80. The molecule has 0 saturated heterocycles. The number of nitrogens with zero attached hydrogens (tertiary/aromatic N) is 1. The third-order valence-electron chi connectivity index (χ3n) is 1.62. The van der Waals surface area contributed by atoms with Crippen LogP contribution in [0.25, 0.3) is 0 Å². The van der Waals surface area contributed by atoms with Crippen molar-refractivity contribution >= 4 is 11.4 Å². The quantitative estimate of drug-likeness (QED) is 0.546. The van der Waals surface area contributed by atoms with E-state index in [-0.39, 0.29) is 6.61 Å². The van der Waals surface area contributed by atoms with Crippen molar-refractivity contribution in [3.8, 4) is 0 Å². The van der Waals surface area contributed by atoms with Crippen molar-refractivity contribution in [3.63, 3.8) is 0 Å². The van der Waals surface area contributed by atoms with Crippen LogP contribution in [0.1, 0.15) is 13.3 Å². The van der Waals surface area contributed by atoms with Crippen molar-refractivity contribution in [1.82, 2.24) is 0 Å². The van der Waals surface area contributed by atoms with Crippen molar-refractivity contribution in [1.29, 1.82) is 0 Å². The lowest BCUT2D eigenvalue weighted by Crippen LogP contribution is -1.99. The molecule has 3 heteroatoms. The minimum atomic E-state index is 0.145. The van der Waals surface area contributed by atoms with Gasteiger partial charge < -0.3 is 5.11 Å². The van der Waals surface area contributed by atoms with Crippen LogP contribution in [0.5, 0.6) is 0 Å². The summed E-state index contributed by atoms with van der Waals surface area (Å²) < 4.78 is 0. The average molecular weight is 178 g/mol. The van der Waals surface area contributed by atoms with E-state index < -0.39 is 0 Å². The summed E-state index contributed by atoms with van der Waals surface area (Å²) in [5, 5.41) is 12.7. The van der Waals surface area contributed by atoms with E-state index in [0.717, 1.165) is 11.4 Å². The van der Waals surface area contributed by atoms with Crippen LogP contribution in [0.4, 0.5) is 5.69 Å². The Hall–Kier alpha value is -1.35. The fraction of sp³-hybridized carbons (Fsp3) is 0.300. The fourth-order valence-electron chi connectivity index (χ4n) is 0.890. The average Bonchev–Trinajstić information content (AvgIpc) is 2.17. The normalized spacial score (nSPS) is 11.4. The number of nitrogens with one attached hydrogen (secondary N) is 1. The molecule has 0 aliphatic heterocycles. The van der Waals surface area contributed by atoms with Gasteiger partial charge in [0.1, 0.15) is 0 Å². The fourth-order valence-corrected chi connectivity index (χ4v) is 0.890. The van der Waals surface area contributed by atoms with Gasteiger partial charge in [-0.2, -0.15) is 5.10 Å². The topological polar surface area (TPSA) is 44.6 Å². The van der Waals surface area contributed by atoms with Crippen LogP contribution in [0, 0.1) is 0 Å². The predicted octanol–water partition coefficient (Wildman–Crippen LogP) is 1.86. The van der Waals surface area contributed by atoms with E-state index in [1.807, 2.05) is 37.3 Å². The molecular formula is C10H14N2O. The molecule has 0 aromatic heterocycles. The number of hydrazone groups is 1. The molecule has 0 fully saturated rings. The number of hydrogen-bond acceptors (Lipinski definition) is 3. The molecule has 0 radical (unpaired) electrons. The second-order valence-electron chi connectivity index (χ2n) is 2.80. The Morgan fingerprint density at radius 2 is 2.08 bits per heavy atom. The molecular weight excluding hydrogens is 164 g/mol. The van der Waals surface area contributed by atoms with Crippen molar-refractivity contribution in [2.24, 2.45) is 5.10 Å². The molecule has 1 aromatic rings. The number of para-hydroxylation sites is 1. The first-order chi connectivity index (χ1) is 6.33. The monoisotopic (exact) mass is 178 g/mol.